The van der Waals surface area contributed by atoms with Gasteiger partial charge in [-0.3, -0.25) is 0 Å². The Labute approximate surface area is 157 Å². The Morgan fingerprint density at radius 2 is 1.78 bits per heavy atom. The van der Waals surface area contributed by atoms with Crippen LogP contribution in [-0.4, -0.2) is 14.2 Å². The topological polar surface area (TPSA) is 77.5 Å². The molecular weight excluding hydrogens is 340 g/mol. The summed E-state index contributed by atoms with van der Waals surface area (Å²) in [5.41, 5.74) is 8.28. The van der Waals surface area contributed by atoms with Crippen molar-refractivity contribution in [1.29, 1.82) is 5.26 Å². The lowest BCUT2D eigenvalue weighted by atomic mass is 9.82. The van der Waals surface area contributed by atoms with E-state index in [1.165, 1.54) is 0 Å². The number of nitriles is 1. The summed E-state index contributed by atoms with van der Waals surface area (Å²) in [4.78, 5) is 0. The second kappa shape index (κ2) is 6.58. The van der Waals surface area contributed by atoms with Gasteiger partial charge in [-0.25, -0.2) is 0 Å². The molecule has 4 rings (SSSR count). The van der Waals surface area contributed by atoms with E-state index in [1.54, 1.807) is 14.2 Å². The minimum Gasteiger partial charge on any atom is -0.493 e. The van der Waals surface area contributed by atoms with Crippen LogP contribution in [0, 0.1) is 11.3 Å². The first kappa shape index (κ1) is 16.8. The molecule has 134 valence electrons. The third-order valence-electron chi connectivity index (χ3n) is 4.85. The van der Waals surface area contributed by atoms with Gasteiger partial charge in [0.2, 0.25) is 5.88 Å². The molecule has 1 aliphatic rings. The molecule has 0 fully saturated rings. The van der Waals surface area contributed by atoms with Gasteiger partial charge in [0, 0.05) is 10.9 Å². The number of hydrogen-bond donors (Lipinski definition) is 1. The van der Waals surface area contributed by atoms with E-state index in [4.69, 9.17) is 19.9 Å². The molecule has 0 radical (unpaired) electrons. The Morgan fingerprint density at radius 3 is 2.52 bits per heavy atom. The van der Waals surface area contributed by atoms with E-state index in [-0.39, 0.29) is 11.8 Å². The van der Waals surface area contributed by atoms with Crippen molar-refractivity contribution in [2.45, 2.75) is 5.92 Å². The second-order valence-electron chi connectivity index (χ2n) is 6.24. The fraction of sp³-hybridized carbons (Fsp3) is 0.136. The normalized spacial score (nSPS) is 15.7. The first-order valence-electron chi connectivity index (χ1n) is 8.49. The molecule has 3 aromatic carbocycles. The van der Waals surface area contributed by atoms with E-state index >= 15 is 0 Å². The Hall–Kier alpha value is -3.65. The van der Waals surface area contributed by atoms with Crippen LogP contribution in [0.1, 0.15) is 17.0 Å². The molecule has 0 aliphatic carbocycles. The number of nitrogens with zero attached hydrogens (tertiary/aromatic N) is 1. The van der Waals surface area contributed by atoms with E-state index in [0.717, 1.165) is 21.9 Å². The van der Waals surface area contributed by atoms with E-state index in [1.807, 2.05) is 54.6 Å². The van der Waals surface area contributed by atoms with Gasteiger partial charge in [-0.2, -0.15) is 5.26 Å². The fourth-order valence-electron chi connectivity index (χ4n) is 3.56. The maximum absolute atomic E-state index is 9.74. The molecule has 0 saturated carbocycles. The largest absolute Gasteiger partial charge is 0.493 e. The number of hydrogen-bond acceptors (Lipinski definition) is 5. The monoisotopic (exact) mass is 358 g/mol. The van der Waals surface area contributed by atoms with E-state index in [2.05, 4.69) is 6.07 Å². The zero-order valence-electron chi connectivity index (χ0n) is 15.0. The van der Waals surface area contributed by atoms with Gasteiger partial charge < -0.3 is 19.9 Å². The summed E-state index contributed by atoms with van der Waals surface area (Å²) in [6, 6.07) is 19.8. The lowest BCUT2D eigenvalue weighted by molar-refractivity contribution is 0.354. The van der Waals surface area contributed by atoms with E-state index in [9.17, 15) is 5.26 Å². The van der Waals surface area contributed by atoms with Crippen molar-refractivity contribution in [1.82, 2.24) is 0 Å². The summed E-state index contributed by atoms with van der Waals surface area (Å²) >= 11 is 0. The highest BCUT2D eigenvalue weighted by molar-refractivity contribution is 5.91. The summed E-state index contributed by atoms with van der Waals surface area (Å²) in [6.45, 7) is 0. The minimum atomic E-state index is -0.344. The van der Waals surface area contributed by atoms with Crippen LogP contribution in [0.5, 0.6) is 17.2 Å². The molecule has 27 heavy (non-hydrogen) atoms. The molecule has 0 amide bonds. The number of nitrogens with two attached hydrogens (primary N) is 1. The number of rotatable bonds is 3. The SMILES string of the molecule is COc1ccc(C2C(C#N)=C(N)Oc3c2ccc2ccccc32)cc1OC. The smallest absolute Gasteiger partial charge is 0.205 e. The van der Waals surface area contributed by atoms with Crippen LogP contribution in [0.4, 0.5) is 0 Å². The molecule has 1 aliphatic heterocycles. The van der Waals surface area contributed by atoms with Gasteiger partial charge in [-0.15, -0.1) is 0 Å². The second-order valence-corrected chi connectivity index (χ2v) is 6.24. The molecule has 1 heterocycles. The maximum atomic E-state index is 9.74. The van der Waals surface area contributed by atoms with E-state index in [0.29, 0.717) is 22.8 Å². The fourth-order valence-corrected chi connectivity index (χ4v) is 3.56. The van der Waals surface area contributed by atoms with Crippen LogP contribution in [0.3, 0.4) is 0 Å². The highest BCUT2D eigenvalue weighted by Gasteiger charge is 2.32. The van der Waals surface area contributed by atoms with Crippen molar-refractivity contribution >= 4 is 10.8 Å². The molecule has 0 aromatic heterocycles. The molecule has 0 saturated heterocycles. The molecule has 5 heteroatoms. The van der Waals surface area contributed by atoms with Gasteiger partial charge in [0.15, 0.2) is 11.5 Å². The predicted octanol–water partition coefficient (Wildman–Crippen LogP) is 4.08. The van der Waals surface area contributed by atoms with Crippen LogP contribution in [0.25, 0.3) is 10.8 Å². The number of allylic oxidation sites excluding steroid dienone is 1. The molecule has 1 atom stereocenters. The van der Waals surface area contributed by atoms with Crippen molar-refractivity contribution in [3.63, 3.8) is 0 Å². The Balaban J connectivity index is 1.97. The first-order valence-corrected chi connectivity index (χ1v) is 8.49. The van der Waals surface area contributed by atoms with Gasteiger partial charge >= 0.3 is 0 Å². The van der Waals surface area contributed by atoms with Crippen molar-refractivity contribution in [2.75, 3.05) is 14.2 Å². The molecule has 5 nitrogen and oxygen atoms in total. The highest BCUT2D eigenvalue weighted by Crippen LogP contribution is 2.46. The van der Waals surface area contributed by atoms with Gasteiger partial charge in [0.1, 0.15) is 17.4 Å². The number of ether oxygens (including phenoxy) is 3. The number of fused-ring (bicyclic) bond motifs is 3. The minimum absolute atomic E-state index is 0.126. The molecule has 1 unspecified atom stereocenters. The van der Waals surface area contributed by atoms with Crippen LogP contribution in [0.15, 0.2) is 66.1 Å². The molecule has 0 bridgehead atoms. The van der Waals surface area contributed by atoms with Crippen molar-refractivity contribution < 1.29 is 14.2 Å². The van der Waals surface area contributed by atoms with Crippen LogP contribution >= 0.6 is 0 Å². The van der Waals surface area contributed by atoms with Gasteiger partial charge in [0.05, 0.1) is 20.1 Å². The highest BCUT2D eigenvalue weighted by atomic mass is 16.5. The van der Waals surface area contributed by atoms with Gasteiger partial charge in [0.25, 0.3) is 0 Å². The van der Waals surface area contributed by atoms with Crippen LogP contribution < -0.4 is 19.9 Å². The summed E-state index contributed by atoms with van der Waals surface area (Å²) in [5, 5.41) is 11.7. The van der Waals surface area contributed by atoms with Crippen molar-refractivity contribution in [3.8, 4) is 23.3 Å². The summed E-state index contributed by atoms with van der Waals surface area (Å²) < 4.78 is 16.6. The summed E-state index contributed by atoms with van der Waals surface area (Å²) in [7, 11) is 3.18. The third kappa shape index (κ3) is 2.63. The van der Waals surface area contributed by atoms with E-state index < -0.39 is 0 Å². The average Bonchev–Trinajstić information content (AvgIpc) is 2.72. The Kier molecular flexibility index (Phi) is 4.09. The van der Waals surface area contributed by atoms with Crippen molar-refractivity contribution in [2.24, 2.45) is 5.73 Å². The third-order valence-corrected chi connectivity index (χ3v) is 4.85. The Morgan fingerprint density at radius 1 is 1.00 bits per heavy atom. The maximum Gasteiger partial charge on any atom is 0.205 e. The molecule has 0 spiro atoms. The predicted molar refractivity (Wildman–Crippen MR) is 103 cm³/mol. The van der Waals surface area contributed by atoms with Crippen molar-refractivity contribution in [3.05, 3.63) is 77.2 Å². The molecule has 3 aromatic rings. The van der Waals surface area contributed by atoms with Crippen LogP contribution in [0.2, 0.25) is 0 Å². The lowest BCUT2D eigenvalue weighted by Gasteiger charge is -2.27. The Bertz CT molecular complexity index is 1110. The van der Waals surface area contributed by atoms with Gasteiger partial charge in [-0.1, -0.05) is 42.5 Å². The zero-order valence-corrected chi connectivity index (χ0v) is 15.0. The molecular formula is C22H18N2O3. The quantitative estimate of drug-likeness (QED) is 0.763. The van der Waals surface area contributed by atoms with Crippen LogP contribution in [-0.2, 0) is 0 Å². The number of benzene rings is 3. The first-order chi connectivity index (χ1) is 13.2. The summed E-state index contributed by atoms with van der Waals surface area (Å²) in [6.07, 6.45) is 0. The standard InChI is InChI=1S/C22H18N2O3/c1-25-18-10-8-14(11-19(18)26-2)20-16-9-7-13-5-3-4-6-15(13)21(16)27-22(24)17(20)12-23/h3-11,20H,24H2,1-2H3. The zero-order chi connectivity index (χ0) is 19.0. The summed E-state index contributed by atoms with van der Waals surface area (Å²) in [5.74, 6) is 1.69. The lowest BCUT2D eigenvalue weighted by Crippen LogP contribution is -2.21. The van der Waals surface area contributed by atoms with Gasteiger partial charge in [-0.05, 0) is 23.1 Å². The molecule has 2 N–H and O–H groups in total. The average molecular weight is 358 g/mol. The number of methoxy groups -OCH3 is 2.